The second-order valence-corrected chi connectivity index (χ2v) is 8.45. The first-order valence-corrected chi connectivity index (χ1v) is 10.7. The molecule has 29 heavy (non-hydrogen) atoms. The van der Waals surface area contributed by atoms with Crippen LogP contribution >= 0.6 is 11.8 Å². The summed E-state index contributed by atoms with van der Waals surface area (Å²) in [5.74, 6) is 0.815. The predicted molar refractivity (Wildman–Crippen MR) is 113 cm³/mol. The lowest BCUT2D eigenvalue weighted by atomic mass is 10.2. The van der Waals surface area contributed by atoms with Crippen LogP contribution in [0.5, 0.6) is 0 Å². The van der Waals surface area contributed by atoms with E-state index in [0.29, 0.717) is 35.6 Å². The van der Waals surface area contributed by atoms with Crippen molar-refractivity contribution in [1.29, 1.82) is 0 Å². The zero-order chi connectivity index (χ0) is 20.4. The van der Waals surface area contributed by atoms with Gasteiger partial charge in [-0.2, -0.15) is 0 Å². The van der Waals surface area contributed by atoms with Gasteiger partial charge in [-0.15, -0.1) is 10.2 Å². The first-order valence-electron chi connectivity index (χ1n) is 9.73. The summed E-state index contributed by atoms with van der Waals surface area (Å²) in [6.45, 7) is 5.54. The van der Waals surface area contributed by atoms with E-state index in [9.17, 15) is 9.18 Å². The van der Waals surface area contributed by atoms with E-state index in [2.05, 4.69) is 30.1 Å². The van der Waals surface area contributed by atoms with Crippen molar-refractivity contribution < 1.29 is 9.18 Å². The zero-order valence-corrected chi connectivity index (χ0v) is 17.3. The Morgan fingerprint density at radius 2 is 1.90 bits per heavy atom. The van der Waals surface area contributed by atoms with Gasteiger partial charge in [-0.05, 0) is 36.1 Å². The minimum Gasteiger partial charge on any atom is -0.311 e. The molecule has 0 spiro atoms. The van der Waals surface area contributed by atoms with Crippen LogP contribution in [0.3, 0.4) is 0 Å². The Kier molecular flexibility index (Phi) is 5.67. The second-order valence-electron chi connectivity index (χ2n) is 7.50. The third kappa shape index (κ3) is 4.05. The van der Waals surface area contributed by atoms with Gasteiger partial charge in [0.1, 0.15) is 5.82 Å². The second kappa shape index (κ2) is 8.37. The number of nitrogens with zero attached hydrogens (tertiary/aromatic N) is 4. The molecular weight excluding hydrogens is 387 g/mol. The molecule has 2 aromatic carbocycles. The fourth-order valence-electron chi connectivity index (χ4n) is 3.57. The molecule has 0 radical (unpaired) electrons. The largest absolute Gasteiger partial charge is 0.311 e. The van der Waals surface area contributed by atoms with Gasteiger partial charge < -0.3 is 9.47 Å². The smallest absolute Gasteiger partial charge is 0.237 e. The van der Waals surface area contributed by atoms with Crippen LogP contribution in [-0.4, -0.2) is 33.0 Å². The van der Waals surface area contributed by atoms with E-state index in [1.54, 1.807) is 18.2 Å². The zero-order valence-electron chi connectivity index (χ0n) is 16.5. The number of carbonyl (C=O) groups is 1. The third-order valence-electron chi connectivity index (χ3n) is 4.89. The van der Waals surface area contributed by atoms with Crippen LogP contribution in [0.15, 0.2) is 53.7 Å². The molecule has 0 N–H and O–H groups in total. The molecule has 3 aromatic rings. The van der Waals surface area contributed by atoms with Crippen molar-refractivity contribution in [2.45, 2.75) is 32.0 Å². The number of carbonyl (C=O) groups excluding carboxylic acids is 1. The van der Waals surface area contributed by atoms with Crippen molar-refractivity contribution >= 4 is 23.4 Å². The van der Waals surface area contributed by atoms with Crippen LogP contribution in [0, 0.1) is 11.7 Å². The SMILES string of the molecule is CC(C)Cn1c(SCC(=O)N2CCc3ccccc32)nnc1-c1ccccc1F. The molecule has 1 aromatic heterocycles. The highest BCUT2D eigenvalue weighted by atomic mass is 32.2. The van der Waals surface area contributed by atoms with Gasteiger partial charge in [0.15, 0.2) is 11.0 Å². The van der Waals surface area contributed by atoms with Crippen molar-refractivity contribution in [1.82, 2.24) is 14.8 Å². The molecule has 5 nitrogen and oxygen atoms in total. The van der Waals surface area contributed by atoms with Gasteiger partial charge in [-0.25, -0.2) is 4.39 Å². The molecular formula is C22H23FN4OS. The van der Waals surface area contributed by atoms with Crippen molar-refractivity contribution in [3.05, 3.63) is 59.9 Å². The number of anilines is 1. The predicted octanol–water partition coefficient (Wildman–Crippen LogP) is 4.42. The van der Waals surface area contributed by atoms with Crippen molar-refractivity contribution in [3.63, 3.8) is 0 Å². The van der Waals surface area contributed by atoms with E-state index in [4.69, 9.17) is 0 Å². The number of aromatic nitrogens is 3. The summed E-state index contributed by atoms with van der Waals surface area (Å²) in [7, 11) is 0. The van der Waals surface area contributed by atoms with Crippen LogP contribution in [0.1, 0.15) is 19.4 Å². The van der Waals surface area contributed by atoms with Crippen molar-refractivity contribution in [2.24, 2.45) is 5.92 Å². The van der Waals surface area contributed by atoms with E-state index in [1.807, 2.05) is 27.7 Å². The molecule has 1 aliphatic heterocycles. The summed E-state index contributed by atoms with van der Waals surface area (Å²) in [4.78, 5) is 14.7. The monoisotopic (exact) mass is 410 g/mol. The van der Waals surface area contributed by atoms with Crippen LogP contribution in [0.2, 0.25) is 0 Å². The first-order chi connectivity index (χ1) is 14.0. The van der Waals surface area contributed by atoms with E-state index < -0.39 is 0 Å². The molecule has 1 amide bonds. The normalized spacial score (nSPS) is 13.2. The molecule has 0 saturated carbocycles. The Morgan fingerprint density at radius 1 is 1.14 bits per heavy atom. The van der Waals surface area contributed by atoms with Gasteiger partial charge in [-0.1, -0.05) is 55.9 Å². The number of halogens is 1. The summed E-state index contributed by atoms with van der Waals surface area (Å²) < 4.78 is 16.2. The molecule has 0 aliphatic carbocycles. The van der Waals surface area contributed by atoms with E-state index in [1.165, 1.54) is 23.4 Å². The molecule has 0 saturated heterocycles. The number of thioether (sulfide) groups is 1. The van der Waals surface area contributed by atoms with Crippen LogP contribution in [0.25, 0.3) is 11.4 Å². The average molecular weight is 411 g/mol. The summed E-state index contributed by atoms with van der Waals surface area (Å²) in [5.41, 5.74) is 2.62. The minimum atomic E-state index is -0.328. The number of para-hydroxylation sites is 1. The van der Waals surface area contributed by atoms with Gasteiger partial charge >= 0.3 is 0 Å². The maximum absolute atomic E-state index is 14.3. The highest BCUT2D eigenvalue weighted by molar-refractivity contribution is 7.99. The quantitative estimate of drug-likeness (QED) is 0.565. The van der Waals surface area contributed by atoms with Gasteiger partial charge in [0.05, 0.1) is 11.3 Å². The Bertz CT molecular complexity index is 1030. The highest BCUT2D eigenvalue weighted by Gasteiger charge is 2.25. The van der Waals surface area contributed by atoms with E-state index >= 15 is 0 Å². The van der Waals surface area contributed by atoms with E-state index in [0.717, 1.165) is 12.1 Å². The van der Waals surface area contributed by atoms with Gasteiger partial charge in [0.25, 0.3) is 0 Å². The standard InChI is InChI=1S/C22H23FN4OS/c1-15(2)13-27-21(17-8-4-5-9-18(17)23)24-25-22(27)29-14-20(28)26-12-11-16-7-3-6-10-19(16)26/h3-10,15H,11-14H2,1-2H3. The van der Waals surface area contributed by atoms with Crippen LogP contribution in [-0.2, 0) is 17.8 Å². The number of rotatable bonds is 6. The molecule has 0 unspecified atom stereocenters. The van der Waals surface area contributed by atoms with Crippen LogP contribution in [0.4, 0.5) is 10.1 Å². The van der Waals surface area contributed by atoms with Crippen molar-refractivity contribution in [2.75, 3.05) is 17.2 Å². The lowest BCUT2D eigenvalue weighted by Crippen LogP contribution is -2.30. The fourth-order valence-corrected chi connectivity index (χ4v) is 4.39. The van der Waals surface area contributed by atoms with Crippen LogP contribution < -0.4 is 4.90 Å². The molecule has 0 bridgehead atoms. The molecule has 2 heterocycles. The first kappa shape index (κ1) is 19.6. The molecule has 4 rings (SSSR count). The average Bonchev–Trinajstić information content (AvgIpc) is 3.30. The van der Waals surface area contributed by atoms with Crippen molar-refractivity contribution in [3.8, 4) is 11.4 Å². The maximum Gasteiger partial charge on any atom is 0.237 e. The van der Waals surface area contributed by atoms with Gasteiger partial charge in [0, 0.05) is 18.8 Å². The summed E-state index contributed by atoms with van der Waals surface area (Å²) >= 11 is 1.36. The number of benzene rings is 2. The highest BCUT2D eigenvalue weighted by Crippen LogP contribution is 2.30. The topological polar surface area (TPSA) is 51.0 Å². The summed E-state index contributed by atoms with van der Waals surface area (Å²) in [6, 6.07) is 14.6. The third-order valence-corrected chi connectivity index (χ3v) is 5.84. The lowest BCUT2D eigenvalue weighted by Gasteiger charge is -2.17. The molecule has 0 fully saturated rings. The molecule has 1 aliphatic rings. The Balaban J connectivity index is 1.55. The number of hydrogen-bond acceptors (Lipinski definition) is 4. The number of amides is 1. The minimum absolute atomic E-state index is 0.0477. The lowest BCUT2D eigenvalue weighted by molar-refractivity contribution is -0.116. The molecule has 7 heteroatoms. The Morgan fingerprint density at radius 3 is 2.69 bits per heavy atom. The maximum atomic E-state index is 14.3. The molecule has 150 valence electrons. The Labute approximate surface area is 173 Å². The van der Waals surface area contributed by atoms with E-state index in [-0.39, 0.29) is 17.5 Å². The number of fused-ring (bicyclic) bond motifs is 1. The summed E-state index contributed by atoms with van der Waals surface area (Å²) in [5, 5.41) is 9.14. The fraction of sp³-hybridized carbons (Fsp3) is 0.318. The summed E-state index contributed by atoms with van der Waals surface area (Å²) in [6.07, 6.45) is 0.882. The number of hydrogen-bond donors (Lipinski definition) is 0. The van der Waals surface area contributed by atoms with Gasteiger partial charge in [0.2, 0.25) is 5.91 Å². The Hall–Kier alpha value is -2.67. The van der Waals surface area contributed by atoms with Gasteiger partial charge in [-0.3, -0.25) is 4.79 Å². The molecule has 0 atom stereocenters.